The lowest BCUT2D eigenvalue weighted by Crippen LogP contribution is -2.36. The topological polar surface area (TPSA) is 72.1 Å². The lowest BCUT2D eigenvalue weighted by atomic mass is 10.0. The van der Waals surface area contributed by atoms with Gasteiger partial charge in [-0.05, 0) is 36.8 Å². The molecule has 2 atom stereocenters. The van der Waals surface area contributed by atoms with Crippen LogP contribution < -0.4 is 10.6 Å². The van der Waals surface area contributed by atoms with Gasteiger partial charge in [0.25, 0.3) is 5.91 Å². The molecule has 4 rings (SSSR count). The van der Waals surface area contributed by atoms with Crippen molar-refractivity contribution in [1.82, 2.24) is 9.78 Å². The average Bonchev–Trinajstić information content (AvgIpc) is 3.33. The number of hydrogen-bond acceptors (Lipinski definition) is 4. The van der Waals surface area contributed by atoms with E-state index in [-0.39, 0.29) is 17.8 Å². The van der Waals surface area contributed by atoms with Gasteiger partial charge in [-0.25, -0.2) is 4.68 Å². The van der Waals surface area contributed by atoms with Gasteiger partial charge in [0.2, 0.25) is 0 Å². The molecule has 0 fully saturated rings. The summed E-state index contributed by atoms with van der Waals surface area (Å²) >= 11 is 6.07. The fraction of sp³-hybridized carbons (Fsp3) is 0.263. The second-order valence-electron chi connectivity index (χ2n) is 6.72. The number of benzene rings is 1. The van der Waals surface area contributed by atoms with Crippen molar-refractivity contribution >= 4 is 29.0 Å². The number of amides is 1. The molecule has 1 aromatic carbocycles. The molecule has 1 aliphatic rings. The first-order valence-electron chi connectivity index (χ1n) is 8.76. The Morgan fingerprint density at radius 3 is 2.83 bits per heavy atom. The van der Waals surface area contributed by atoms with Crippen molar-refractivity contribution < 1.29 is 22.4 Å². The summed E-state index contributed by atoms with van der Waals surface area (Å²) in [4.78, 5) is 12.8. The molecule has 6 nitrogen and oxygen atoms in total. The van der Waals surface area contributed by atoms with Gasteiger partial charge in [-0.15, -0.1) is 0 Å². The zero-order valence-corrected chi connectivity index (χ0v) is 15.9. The zero-order chi connectivity index (χ0) is 20.8. The van der Waals surface area contributed by atoms with Gasteiger partial charge in [-0.1, -0.05) is 17.7 Å². The molecular weight excluding hydrogens is 409 g/mol. The number of carbonyl (C=O) groups excluding carboxylic acids is 1. The molecule has 0 radical (unpaired) electrons. The molecule has 3 aromatic rings. The second kappa shape index (κ2) is 7.14. The van der Waals surface area contributed by atoms with E-state index in [1.54, 1.807) is 37.3 Å². The summed E-state index contributed by atoms with van der Waals surface area (Å²) in [7, 11) is 0. The maximum atomic E-state index is 13.7. The summed E-state index contributed by atoms with van der Waals surface area (Å²) < 4.78 is 47.0. The highest BCUT2D eigenvalue weighted by molar-refractivity contribution is 6.31. The van der Waals surface area contributed by atoms with Crippen LogP contribution in [0.5, 0.6) is 0 Å². The second-order valence-corrected chi connectivity index (χ2v) is 7.13. The smallest absolute Gasteiger partial charge is 0.410 e. The normalized spacial score (nSPS) is 18.8. The van der Waals surface area contributed by atoms with E-state index in [2.05, 4.69) is 15.7 Å². The molecule has 0 saturated carbocycles. The van der Waals surface area contributed by atoms with Gasteiger partial charge in [0.05, 0.1) is 18.5 Å². The largest absolute Gasteiger partial charge is 0.467 e. The van der Waals surface area contributed by atoms with E-state index >= 15 is 0 Å². The number of rotatable bonds is 3. The van der Waals surface area contributed by atoms with Gasteiger partial charge in [0, 0.05) is 17.1 Å². The maximum Gasteiger partial charge on any atom is 0.410 e. The quantitative estimate of drug-likeness (QED) is 0.594. The lowest BCUT2D eigenvalue weighted by molar-refractivity contribution is -0.174. The highest BCUT2D eigenvalue weighted by Gasteiger charge is 2.47. The van der Waals surface area contributed by atoms with Crippen LogP contribution in [-0.2, 0) is 0 Å². The molecule has 1 amide bonds. The fourth-order valence-electron chi connectivity index (χ4n) is 3.34. The molecule has 29 heavy (non-hydrogen) atoms. The Balaban J connectivity index is 1.70. The SMILES string of the molecule is Cc1c(Cl)cccc1NC(=O)c1cnn2c1N[C@H](c1ccco1)C[C@@H]2C(F)(F)F. The van der Waals surface area contributed by atoms with Gasteiger partial charge in [0.15, 0.2) is 6.04 Å². The first-order chi connectivity index (χ1) is 13.8. The van der Waals surface area contributed by atoms with Crippen molar-refractivity contribution in [3.63, 3.8) is 0 Å². The van der Waals surface area contributed by atoms with Gasteiger partial charge < -0.3 is 15.1 Å². The monoisotopic (exact) mass is 424 g/mol. The third kappa shape index (κ3) is 3.57. The van der Waals surface area contributed by atoms with Crippen LogP contribution in [0.4, 0.5) is 24.7 Å². The van der Waals surface area contributed by atoms with Crippen molar-refractivity contribution in [1.29, 1.82) is 0 Å². The number of nitrogens with one attached hydrogen (secondary N) is 2. The Morgan fingerprint density at radius 2 is 2.14 bits per heavy atom. The molecular formula is C19H16ClF3N4O2. The molecule has 0 aliphatic carbocycles. The van der Waals surface area contributed by atoms with Crippen LogP contribution in [0.15, 0.2) is 47.2 Å². The van der Waals surface area contributed by atoms with E-state index in [1.807, 2.05) is 0 Å². The number of halogens is 4. The number of fused-ring (bicyclic) bond motifs is 1. The van der Waals surface area contributed by atoms with Gasteiger partial charge in [-0.2, -0.15) is 18.3 Å². The first-order valence-corrected chi connectivity index (χ1v) is 9.14. The highest BCUT2D eigenvalue weighted by atomic mass is 35.5. The summed E-state index contributed by atoms with van der Waals surface area (Å²) in [6, 6.07) is 5.56. The van der Waals surface area contributed by atoms with E-state index in [9.17, 15) is 18.0 Å². The third-order valence-electron chi connectivity index (χ3n) is 4.89. The summed E-state index contributed by atoms with van der Waals surface area (Å²) in [6.07, 6.45) is -2.33. The van der Waals surface area contributed by atoms with Crippen molar-refractivity contribution in [2.75, 3.05) is 10.6 Å². The standard InChI is InChI=1S/C19H16ClF3N4O2/c1-10-12(20)4-2-5-13(10)26-18(28)11-9-24-27-16(19(21,22)23)8-14(25-17(11)27)15-6-3-7-29-15/h2-7,9,14,16,25H,8H2,1H3,(H,26,28)/t14-,16+/m0/s1. The average molecular weight is 425 g/mol. The molecule has 0 bridgehead atoms. The minimum atomic E-state index is -4.54. The van der Waals surface area contributed by atoms with Crippen LogP contribution in [0, 0.1) is 6.92 Å². The molecule has 152 valence electrons. The molecule has 0 unspecified atom stereocenters. The van der Waals surface area contributed by atoms with Crippen molar-refractivity contribution in [2.24, 2.45) is 0 Å². The first kappa shape index (κ1) is 19.4. The van der Waals surface area contributed by atoms with Crippen LogP contribution in [0.3, 0.4) is 0 Å². The Labute approximate surface area is 168 Å². The molecule has 0 spiro atoms. The maximum absolute atomic E-state index is 13.7. The summed E-state index contributed by atoms with van der Waals surface area (Å²) in [5.74, 6) is -0.258. The lowest BCUT2D eigenvalue weighted by Gasteiger charge is -2.32. The summed E-state index contributed by atoms with van der Waals surface area (Å²) in [6.45, 7) is 1.73. The number of nitrogens with zero attached hydrogens (tertiary/aromatic N) is 2. The van der Waals surface area contributed by atoms with Gasteiger partial charge in [0.1, 0.15) is 17.1 Å². The number of carbonyl (C=O) groups is 1. The molecule has 2 N–H and O–H groups in total. The van der Waals surface area contributed by atoms with Gasteiger partial charge in [-0.3, -0.25) is 4.79 Å². The predicted octanol–water partition coefficient (Wildman–Crippen LogP) is 5.35. The zero-order valence-electron chi connectivity index (χ0n) is 15.1. The minimum Gasteiger partial charge on any atom is -0.467 e. The van der Waals surface area contributed by atoms with Gasteiger partial charge >= 0.3 is 6.18 Å². The third-order valence-corrected chi connectivity index (χ3v) is 5.30. The summed E-state index contributed by atoms with van der Waals surface area (Å²) in [5.41, 5.74) is 1.11. The molecule has 0 saturated heterocycles. The number of alkyl halides is 3. The Hall–Kier alpha value is -2.94. The number of furan rings is 1. The Bertz CT molecular complexity index is 1050. The highest BCUT2D eigenvalue weighted by Crippen LogP contribution is 2.44. The van der Waals surface area contributed by atoms with Crippen molar-refractivity contribution in [3.05, 3.63) is 64.7 Å². The molecule has 2 aromatic heterocycles. The number of hydrogen-bond donors (Lipinski definition) is 2. The van der Waals surface area contributed by atoms with Crippen LogP contribution in [0.1, 0.15) is 40.2 Å². The van der Waals surface area contributed by atoms with E-state index < -0.39 is 24.2 Å². The van der Waals surface area contributed by atoms with Crippen LogP contribution in [-0.4, -0.2) is 21.9 Å². The van der Waals surface area contributed by atoms with E-state index in [0.717, 1.165) is 10.9 Å². The van der Waals surface area contributed by atoms with E-state index in [4.69, 9.17) is 16.0 Å². The molecule has 3 heterocycles. The van der Waals surface area contributed by atoms with Crippen molar-refractivity contribution in [2.45, 2.75) is 31.6 Å². The number of anilines is 2. The van der Waals surface area contributed by atoms with E-state index in [0.29, 0.717) is 22.0 Å². The fourth-order valence-corrected chi connectivity index (χ4v) is 3.51. The van der Waals surface area contributed by atoms with E-state index in [1.165, 1.54) is 6.26 Å². The minimum absolute atomic E-state index is 0.00474. The summed E-state index contributed by atoms with van der Waals surface area (Å²) in [5, 5.41) is 9.95. The van der Waals surface area contributed by atoms with Crippen LogP contribution in [0.25, 0.3) is 0 Å². The Kier molecular flexibility index (Phi) is 4.77. The van der Waals surface area contributed by atoms with Crippen LogP contribution in [0.2, 0.25) is 5.02 Å². The predicted molar refractivity (Wildman–Crippen MR) is 101 cm³/mol. The molecule has 1 aliphatic heterocycles. The number of aromatic nitrogens is 2. The Morgan fingerprint density at radius 1 is 1.34 bits per heavy atom. The van der Waals surface area contributed by atoms with Crippen LogP contribution >= 0.6 is 11.6 Å². The molecule has 10 heteroatoms. The van der Waals surface area contributed by atoms with Crippen molar-refractivity contribution in [3.8, 4) is 0 Å².